The predicted molar refractivity (Wildman–Crippen MR) is 102 cm³/mol. The van der Waals surface area contributed by atoms with Crippen molar-refractivity contribution >= 4 is 11.0 Å². The van der Waals surface area contributed by atoms with Gasteiger partial charge >= 0.3 is 0 Å². The molecule has 4 rings (SSSR count). The second-order valence-corrected chi connectivity index (χ2v) is 5.90. The van der Waals surface area contributed by atoms with E-state index in [-0.39, 0.29) is 0 Å². The number of aryl methyl sites for hydroxylation is 1. The highest BCUT2D eigenvalue weighted by molar-refractivity contribution is 5.80. The fourth-order valence-corrected chi connectivity index (χ4v) is 2.70. The van der Waals surface area contributed by atoms with Crippen molar-refractivity contribution < 1.29 is 0 Å². The standard InChI is InChI=1S/C23H16N2/c1-17-12-14-20-22(16-17)24-21(15-13-18-8-4-2-5-9-18)23(25-20)19-10-6-3-7-11-19/h2-12,14,16H,1H3. The fraction of sp³-hybridized carbons (Fsp3) is 0.0435. The first kappa shape index (κ1) is 15.1. The van der Waals surface area contributed by atoms with Crippen molar-refractivity contribution in [1.29, 1.82) is 0 Å². The summed E-state index contributed by atoms with van der Waals surface area (Å²) in [7, 11) is 0. The van der Waals surface area contributed by atoms with Gasteiger partial charge in [-0.1, -0.05) is 60.5 Å². The van der Waals surface area contributed by atoms with Gasteiger partial charge in [-0.2, -0.15) is 0 Å². The Balaban J connectivity index is 1.92. The summed E-state index contributed by atoms with van der Waals surface area (Å²) in [6, 6.07) is 26.1. The van der Waals surface area contributed by atoms with Crippen molar-refractivity contribution in [1.82, 2.24) is 9.97 Å². The molecule has 118 valence electrons. The summed E-state index contributed by atoms with van der Waals surface area (Å²) >= 11 is 0. The number of hydrogen-bond acceptors (Lipinski definition) is 2. The highest BCUT2D eigenvalue weighted by atomic mass is 14.8. The average molecular weight is 320 g/mol. The van der Waals surface area contributed by atoms with Crippen LogP contribution < -0.4 is 0 Å². The Hall–Kier alpha value is -3.44. The van der Waals surface area contributed by atoms with Crippen LogP contribution in [0.4, 0.5) is 0 Å². The van der Waals surface area contributed by atoms with Gasteiger partial charge in [0.15, 0.2) is 0 Å². The summed E-state index contributed by atoms with van der Waals surface area (Å²) in [6.07, 6.45) is 0. The summed E-state index contributed by atoms with van der Waals surface area (Å²) in [5.41, 5.74) is 6.43. The van der Waals surface area contributed by atoms with Gasteiger partial charge in [0.1, 0.15) is 11.4 Å². The molecule has 3 aromatic carbocycles. The van der Waals surface area contributed by atoms with E-state index in [4.69, 9.17) is 9.97 Å². The zero-order valence-corrected chi connectivity index (χ0v) is 13.9. The Morgan fingerprint density at radius 3 is 2.16 bits per heavy atom. The van der Waals surface area contributed by atoms with Crippen LogP contribution in [0.1, 0.15) is 16.8 Å². The van der Waals surface area contributed by atoms with Crippen molar-refractivity contribution in [3.8, 4) is 23.1 Å². The van der Waals surface area contributed by atoms with E-state index in [1.807, 2.05) is 72.8 Å². The van der Waals surface area contributed by atoms with E-state index in [0.717, 1.165) is 33.4 Å². The zero-order valence-electron chi connectivity index (χ0n) is 13.9. The molecule has 0 bridgehead atoms. The minimum Gasteiger partial charge on any atom is -0.243 e. The molecule has 0 fully saturated rings. The molecule has 25 heavy (non-hydrogen) atoms. The van der Waals surface area contributed by atoms with Crippen LogP contribution >= 0.6 is 0 Å². The summed E-state index contributed by atoms with van der Waals surface area (Å²) in [6.45, 7) is 2.06. The minimum absolute atomic E-state index is 0.702. The van der Waals surface area contributed by atoms with Crippen LogP contribution in [-0.2, 0) is 0 Å². The van der Waals surface area contributed by atoms with Crippen molar-refractivity contribution in [2.75, 3.05) is 0 Å². The first-order valence-electron chi connectivity index (χ1n) is 8.20. The molecule has 0 radical (unpaired) electrons. The maximum atomic E-state index is 4.83. The third-order valence-corrected chi connectivity index (χ3v) is 3.97. The van der Waals surface area contributed by atoms with E-state index in [1.54, 1.807) is 0 Å². The lowest BCUT2D eigenvalue weighted by Gasteiger charge is -2.06. The molecule has 4 aromatic rings. The van der Waals surface area contributed by atoms with Gasteiger partial charge in [-0.05, 0) is 42.7 Å². The van der Waals surface area contributed by atoms with Gasteiger partial charge in [0.05, 0.1) is 11.0 Å². The first-order valence-corrected chi connectivity index (χ1v) is 8.20. The monoisotopic (exact) mass is 320 g/mol. The lowest BCUT2D eigenvalue weighted by Crippen LogP contribution is -1.96. The number of aromatic nitrogens is 2. The van der Waals surface area contributed by atoms with Crippen molar-refractivity contribution in [2.24, 2.45) is 0 Å². The lowest BCUT2D eigenvalue weighted by atomic mass is 10.1. The quantitative estimate of drug-likeness (QED) is 0.461. The number of nitrogens with zero attached hydrogens (tertiary/aromatic N) is 2. The Labute approximate surface area is 147 Å². The summed E-state index contributed by atoms with van der Waals surface area (Å²) in [5, 5.41) is 0. The number of benzene rings is 3. The van der Waals surface area contributed by atoms with Crippen LogP contribution in [0.3, 0.4) is 0 Å². The van der Waals surface area contributed by atoms with Crippen molar-refractivity contribution in [3.63, 3.8) is 0 Å². The maximum absolute atomic E-state index is 4.83. The third-order valence-electron chi connectivity index (χ3n) is 3.97. The third kappa shape index (κ3) is 3.27. The second-order valence-electron chi connectivity index (χ2n) is 5.90. The summed E-state index contributed by atoms with van der Waals surface area (Å²) in [4.78, 5) is 9.63. The van der Waals surface area contributed by atoms with Crippen molar-refractivity contribution in [2.45, 2.75) is 6.92 Å². The van der Waals surface area contributed by atoms with Gasteiger partial charge in [-0.15, -0.1) is 0 Å². The van der Waals surface area contributed by atoms with E-state index in [2.05, 4.69) is 24.8 Å². The molecule has 1 heterocycles. The van der Waals surface area contributed by atoms with Gasteiger partial charge in [0, 0.05) is 11.1 Å². The predicted octanol–water partition coefficient (Wildman–Crippen LogP) is 5.01. The Kier molecular flexibility index (Phi) is 3.98. The largest absolute Gasteiger partial charge is 0.243 e. The molecule has 1 aromatic heterocycles. The Morgan fingerprint density at radius 2 is 1.40 bits per heavy atom. The van der Waals surface area contributed by atoms with Gasteiger partial charge in [-0.3, -0.25) is 0 Å². The summed E-state index contributed by atoms with van der Waals surface area (Å²) in [5.74, 6) is 6.41. The first-order chi connectivity index (χ1) is 12.3. The highest BCUT2D eigenvalue weighted by Crippen LogP contribution is 2.23. The van der Waals surface area contributed by atoms with Gasteiger partial charge in [-0.25, -0.2) is 9.97 Å². The number of hydrogen-bond donors (Lipinski definition) is 0. The molecule has 2 heteroatoms. The topological polar surface area (TPSA) is 25.8 Å². The minimum atomic E-state index is 0.702. The molecular formula is C23H16N2. The van der Waals surface area contributed by atoms with Crippen LogP contribution in [0.25, 0.3) is 22.3 Å². The van der Waals surface area contributed by atoms with Crippen LogP contribution in [0.15, 0.2) is 78.9 Å². The van der Waals surface area contributed by atoms with Crippen LogP contribution in [0.2, 0.25) is 0 Å². The molecule has 0 aliphatic rings. The van der Waals surface area contributed by atoms with E-state index in [9.17, 15) is 0 Å². The Morgan fingerprint density at radius 1 is 0.680 bits per heavy atom. The van der Waals surface area contributed by atoms with Crippen LogP contribution in [0.5, 0.6) is 0 Å². The fourth-order valence-electron chi connectivity index (χ4n) is 2.70. The van der Waals surface area contributed by atoms with Crippen molar-refractivity contribution in [3.05, 3.63) is 95.7 Å². The molecule has 0 unspecified atom stereocenters. The molecule has 0 saturated heterocycles. The molecule has 0 N–H and O–H groups in total. The maximum Gasteiger partial charge on any atom is 0.140 e. The molecule has 2 nitrogen and oxygen atoms in total. The van der Waals surface area contributed by atoms with Gasteiger partial charge < -0.3 is 0 Å². The summed E-state index contributed by atoms with van der Waals surface area (Å²) < 4.78 is 0. The molecule has 0 atom stereocenters. The average Bonchev–Trinajstić information content (AvgIpc) is 2.67. The molecule has 0 saturated carbocycles. The SMILES string of the molecule is Cc1ccc2nc(-c3ccccc3)c(C#Cc3ccccc3)nc2c1. The lowest BCUT2D eigenvalue weighted by molar-refractivity contribution is 1.25. The molecular weight excluding hydrogens is 304 g/mol. The van der Waals surface area contributed by atoms with Crippen LogP contribution in [0, 0.1) is 18.8 Å². The Bertz CT molecular complexity index is 1090. The van der Waals surface area contributed by atoms with E-state index in [1.165, 1.54) is 0 Å². The molecule has 0 spiro atoms. The second kappa shape index (κ2) is 6.59. The van der Waals surface area contributed by atoms with E-state index in [0.29, 0.717) is 5.69 Å². The smallest absolute Gasteiger partial charge is 0.140 e. The van der Waals surface area contributed by atoms with Gasteiger partial charge in [0.2, 0.25) is 0 Å². The highest BCUT2D eigenvalue weighted by Gasteiger charge is 2.09. The van der Waals surface area contributed by atoms with E-state index >= 15 is 0 Å². The number of rotatable bonds is 1. The molecule has 0 amide bonds. The normalized spacial score (nSPS) is 10.3. The van der Waals surface area contributed by atoms with E-state index < -0.39 is 0 Å². The molecule has 0 aliphatic carbocycles. The molecule has 0 aliphatic heterocycles. The van der Waals surface area contributed by atoms with Crippen LogP contribution in [-0.4, -0.2) is 9.97 Å². The number of fused-ring (bicyclic) bond motifs is 1. The van der Waals surface area contributed by atoms with Gasteiger partial charge in [0.25, 0.3) is 0 Å². The zero-order chi connectivity index (χ0) is 17.1.